The van der Waals surface area contributed by atoms with Gasteiger partial charge >= 0.3 is 0 Å². The molecule has 0 aliphatic carbocycles. The number of pyridine rings is 1. The fourth-order valence-electron chi connectivity index (χ4n) is 2.19. The van der Waals surface area contributed by atoms with Gasteiger partial charge in [0.25, 0.3) is 0 Å². The summed E-state index contributed by atoms with van der Waals surface area (Å²) < 4.78 is 5.39. The quantitative estimate of drug-likeness (QED) is 0.915. The topological polar surface area (TPSA) is 48.1 Å². The number of rotatable bonds is 4. The van der Waals surface area contributed by atoms with Gasteiger partial charge in [-0.2, -0.15) is 0 Å². The van der Waals surface area contributed by atoms with Crippen molar-refractivity contribution in [1.29, 1.82) is 0 Å². The Balaban J connectivity index is 2.27. The smallest absolute Gasteiger partial charge is 0.123 e. The van der Waals surface area contributed by atoms with Gasteiger partial charge in [-0.1, -0.05) is 23.8 Å². The third kappa shape index (κ3) is 3.12. The zero-order valence-electron chi connectivity index (χ0n) is 11.7. The Bertz CT molecular complexity index is 566. The number of hydrogen-bond acceptors (Lipinski definition) is 3. The molecule has 2 N–H and O–H groups in total. The van der Waals surface area contributed by atoms with E-state index in [9.17, 15) is 0 Å². The highest BCUT2D eigenvalue weighted by molar-refractivity contribution is 5.39. The van der Waals surface area contributed by atoms with E-state index in [4.69, 9.17) is 10.5 Å². The van der Waals surface area contributed by atoms with Crippen LogP contribution in [0.25, 0.3) is 0 Å². The molecule has 0 bridgehead atoms. The number of methoxy groups -OCH3 is 1. The summed E-state index contributed by atoms with van der Waals surface area (Å²) in [7, 11) is 1.67. The minimum Gasteiger partial charge on any atom is -0.496 e. The normalized spacial score (nSPS) is 12.2. The van der Waals surface area contributed by atoms with Crippen LogP contribution in [0.3, 0.4) is 0 Å². The molecule has 1 unspecified atom stereocenters. The number of hydrogen-bond donors (Lipinski definition) is 1. The molecule has 0 spiro atoms. The molecule has 0 amide bonds. The van der Waals surface area contributed by atoms with Crippen LogP contribution in [0.1, 0.15) is 28.4 Å². The van der Waals surface area contributed by atoms with Crippen molar-refractivity contribution in [2.75, 3.05) is 7.11 Å². The van der Waals surface area contributed by atoms with Crippen LogP contribution in [0.15, 0.2) is 36.5 Å². The van der Waals surface area contributed by atoms with Crippen LogP contribution >= 0.6 is 0 Å². The van der Waals surface area contributed by atoms with Crippen molar-refractivity contribution in [3.8, 4) is 5.75 Å². The largest absolute Gasteiger partial charge is 0.496 e. The third-order valence-corrected chi connectivity index (χ3v) is 3.32. The SMILES string of the molecule is COc1ccc(C)cc1C(N)Cc1ncccc1C. The number of nitrogens with two attached hydrogens (primary N) is 1. The Morgan fingerprint density at radius 3 is 2.74 bits per heavy atom. The predicted octanol–water partition coefficient (Wildman–Crippen LogP) is 2.95. The van der Waals surface area contributed by atoms with Gasteiger partial charge in [-0.25, -0.2) is 0 Å². The minimum atomic E-state index is -0.108. The average molecular weight is 256 g/mol. The molecule has 1 heterocycles. The minimum absolute atomic E-state index is 0.108. The predicted molar refractivity (Wildman–Crippen MR) is 77.3 cm³/mol. The Hall–Kier alpha value is -1.87. The van der Waals surface area contributed by atoms with Gasteiger partial charge in [0.05, 0.1) is 7.11 Å². The number of ether oxygens (including phenoxy) is 1. The standard InChI is InChI=1S/C16H20N2O/c1-11-6-7-16(19-3)13(9-11)14(17)10-15-12(2)5-4-8-18-15/h4-9,14H,10,17H2,1-3H3. The molecular formula is C16H20N2O. The van der Waals surface area contributed by atoms with Gasteiger partial charge in [-0.3, -0.25) is 4.98 Å². The van der Waals surface area contributed by atoms with Gasteiger partial charge in [0.2, 0.25) is 0 Å². The average Bonchev–Trinajstić information content (AvgIpc) is 2.41. The molecule has 3 heteroatoms. The van der Waals surface area contributed by atoms with Gasteiger partial charge in [-0.15, -0.1) is 0 Å². The highest BCUT2D eigenvalue weighted by Gasteiger charge is 2.14. The van der Waals surface area contributed by atoms with Crippen molar-refractivity contribution < 1.29 is 4.74 Å². The number of aryl methyl sites for hydroxylation is 2. The molecule has 3 nitrogen and oxygen atoms in total. The highest BCUT2D eigenvalue weighted by Crippen LogP contribution is 2.27. The van der Waals surface area contributed by atoms with Crippen molar-refractivity contribution in [3.05, 3.63) is 58.9 Å². The van der Waals surface area contributed by atoms with E-state index in [1.165, 1.54) is 11.1 Å². The monoisotopic (exact) mass is 256 g/mol. The van der Waals surface area contributed by atoms with E-state index >= 15 is 0 Å². The summed E-state index contributed by atoms with van der Waals surface area (Å²) in [5, 5.41) is 0. The van der Waals surface area contributed by atoms with Gasteiger partial charge < -0.3 is 10.5 Å². The second-order valence-electron chi connectivity index (χ2n) is 4.82. The third-order valence-electron chi connectivity index (χ3n) is 3.32. The molecule has 0 saturated carbocycles. The molecule has 2 aromatic rings. The van der Waals surface area contributed by atoms with Crippen LogP contribution in [-0.2, 0) is 6.42 Å². The van der Waals surface area contributed by atoms with Crippen LogP contribution in [0.4, 0.5) is 0 Å². The lowest BCUT2D eigenvalue weighted by molar-refractivity contribution is 0.405. The summed E-state index contributed by atoms with van der Waals surface area (Å²) >= 11 is 0. The molecule has 19 heavy (non-hydrogen) atoms. The lowest BCUT2D eigenvalue weighted by Crippen LogP contribution is -2.16. The number of aromatic nitrogens is 1. The lowest BCUT2D eigenvalue weighted by atomic mass is 9.98. The van der Waals surface area contributed by atoms with Crippen LogP contribution in [-0.4, -0.2) is 12.1 Å². The summed E-state index contributed by atoms with van der Waals surface area (Å²) in [4.78, 5) is 4.40. The molecule has 1 atom stereocenters. The Morgan fingerprint density at radius 1 is 1.26 bits per heavy atom. The first-order valence-electron chi connectivity index (χ1n) is 6.42. The first-order chi connectivity index (χ1) is 9.11. The van der Waals surface area contributed by atoms with Crippen LogP contribution in [0.5, 0.6) is 5.75 Å². The van der Waals surface area contributed by atoms with E-state index in [0.717, 1.165) is 17.0 Å². The summed E-state index contributed by atoms with van der Waals surface area (Å²) in [6.45, 7) is 4.12. The van der Waals surface area contributed by atoms with Crippen molar-refractivity contribution in [2.24, 2.45) is 5.73 Å². The summed E-state index contributed by atoms with van der Waals surface area (Å²) in [6.07, 6.45) is 2.52. The fraction of sp³-hybridized carbons (Fsp3) is 0.312. The number of nitrogens with zero attached hydrogens (tertiary/aromatic N) is 1. The Morgan fingerprint density at radius 2 is 2.05 bits per heavy atom. The molecule has 0 aliphatic heterocycles. The maximum atomic E-state index is 6.32. The molecular weight excluding hydrogens is 236 g/mol. The van der Waals surface area contributed by atoms with E-state index in [1.54, 1.807) is 7.11 Å². The van der Waals surface area contributed by atoms with Gasteiger partial charge in [-0.05, 0) is 31.5 Å². The van der Waals surface area contributed by atoms with Crippen molar-refractivity contribution in [2.45, 2.75) is 26.3 Å². The van der Waals surface area contributed by atoms with Crippen LogP contribution in [0.2, 0.25) is 0 Å². The van der Waals surface area contributed by atoms with Crippen molar-refractivity contribution in [3.63, 3.8) is 0 Å². The van der Waals surface area contributed by atoms with Gasteiger partial charge in [0, 0.05) is 29.9 Å². The maximum Gasteiger partial charge on any atom is 0.123 e. The molecule has 0 fully saturated rings. The summed E-state index contributed by atoms with van der Waals surface area (Å²) in [5.74, 6) is 0.840. The molecule has 2 rings (SSSR count). The fourth-order valence-corrected chi connectivity index (χ4v) is 2.19. The van der Waals surface area contributed by atoms with E-state index in [0.29, 0.717) is 6.42 Å². The second kappa shape index (κ2) is 5.85. The Kier molecular flexibility index (Phi) is 4.17. The van der Waals surface area contributed by atoms with Gasteiger partial charge in [0.1, 0.15) is 5.75 Å². The zero-order valence-corrected chi connectivity index (χ0v) is 11.7. The molecule has 0 radical (unpaired) electrons. The molecule has 100 valence electrons. The number of benzene rings is 1. The molecule has 1 aromatic carbocycles. The first kappa shape index (κ1) is 13.6. The molecule has 0 saturated heterocycles. The second-order valence-corrected chi connectivity index (χ2v) is 4.82. The summed E-state index contributed by atoms with van der Waals surface area (Å²) in [6, 6.07) is 9.97. The van der Waals surface area contributed by atoms with E-state index in [1.807, 2.05) is 24.4 Å². The van der Waals surface area contributed by atoms with Crippen LogP contribution in [0, 0.1) is 13.8 Å². The molecule has 1 aromatic heterocycles. The van der Waals surface area contributed by atoms with Crippen molar-refractivity contribution in [1.82, 2.24) is 4.98 Å². The van der Waals surface area contributed by atoms with Gasteiger partial charge in [0.15, 0.2) is 0 Å². The van der Waals surface area contributed by atoms with Crippen LogP contribution < -0.4 is 10.5 Å². The van der Waals surface area contributed by atoms with E-state index in [2.05, 4.69) is 31.0 Å². The Labute approximate surface area is 114 Å². The first-order valence-corrected chi connectivity index (χ1v) is 6.42. The highest BCUT2D eigenvalue weighted by atomic mass is 16.5. The van der Waals surface area contributed by atoms with Crippen molar-refractivity contribution >= 4 is 0 Å². The molecule has 0 aliphatic rings. The van der Waals surface area contributed by atoms with E-state index in [-0.39, 0.29) is 6.04 Å². The summed E-state index contributed by atoms with van der Waals surface area (Å²) in [5.41, 5.74) is 10.8. The zero-order chi connectivity index (χ0) is 13.8. The lowest BCUT2D eigenvalue weighted by Gasteiger charge is -2.17. The van der Waals surface area contributed by atoms with E-state index < -0.39 is 0 Å². The maximum absolute atomic E-state index is 6.32.